The number of methoxy groups -OCH3 is 1. The molecule has 1 aliphatic heterocycles. The van der Waals surface area contributed by atoms with E-state index in [2.05, 4.69) is 0 Å². The monoisotopic (exact) mass is 452 g/mol. The number of rotatable bonds is 7. The average Bonchev–Trinajstić information content (AvgIpc) is 3.09. The van der Waals surface area contributed by atoms with Crippen molar-refractivity contribution in [2.45, 2.75) is 11.8 Å². The molecule has 0 fully saturated rings. The van der Waals surface area contributed by atoms with Crippen LogP contribution in [-0.2, 0) is 10.1 Å². The Morgan fingerprint density at radius 3 is 2.22 bits per heavy atom. The number of hydrogen-bond donors (Lipinski definition) is 0. The summed E-state index contributed by atoms with van der Waals surface area (Å²) >= 11 is 0. The second-order valence-electron chi connectivity index (χ2n) is 6.81. The van der Waals surface area contributed by atoms with Crippen molar-refractivity contribution in [3.8, 4) is 23.0 Å². The minimum absolute atomic E-state index is 0.0214. The first-order valence-electron chi connectivity index (χ1n) is 9.79. The largest absolute Gasteiger partial charge is 0.497 e. The molecule has 0 saturated heterocycles. The molecule has 0 N–H and O–H groups in total. The van der Waals surface area contributed by atoms with E-state index in [1.807, 2.05) is 19.1 Å². The van der Waals surface area contributed by atoms with Crippen LogP contribution >= 0.6 is 0 Å². The van der Waals surface area contributed by atoms with Crippen LogP contribution in [0.3, 0.4) is 0 Å². The standard InChI is InChI=1S/C24H20O7S/c1-3-29-18-6-4-16(5-7-18)14-23-24(25)21-13-10-19(15-22(21)30-23)31-32(26,27)20-11-8-17(28-2)9-12-20/h4-15H,3H2,1-2H3. The molecule has 0 bridgehead atoms. The fraction of sp³-hybridized carbons (Fsp3) is 0.125. The van der Waals surface area contributed by atoms with Crippen molar-refractivity contribution in [1.29, 1.82) is 0 Å². The van der Waals surface area contributed by atoms with Gasteiger partial charge in [0.25, 0.3) is 0 Å². The van der Waals surface area contributed by atoms with Crippen molar-refractivity contribution in [3.63, 3.8) is 0 Å². The molecule has 0 aliphatic carbocycles. The Morgan fingerprint density at radius 2 is 1.56 bits per heavy atom. The first-order valence-corrected chi connectivity index (χ1v) is 11.2. The van der Waals surface area contributed by atoms with E-state index < -0.39 is 10.1 Å². The molecule has 0 atom stereocenters. The van der Waals surface area contributed by atoms with Crippen LogP contribution in [0.5, 0.6) is 23.0 Å². The van der Waals surface area contributed by atoms with E-state index in [-0.39, 0.29) is 27.9 Å². The van der Waals surface area contributed by atoms with Gasteiger partial charge in [0.15, 0.2) is 5.76 Å². The number of Topliss-reactive ketones (excluding diaryl/α,β-unsaturated/α-hetero) is 1. The van der Waals surface area contributed by atoms with Gasteiger partial charge in [-0.15, -0.1) is 0 Å². The van der Waals surface area contributed by atoms with E-state index in [0.29, 0.717) is 17.9 Å². The highest BCUT2D eigenvalue weighted by atomic mass is 32.2. The number of benzene rings is 3. The molecule has 0 radical (unpaired) electrons. The minimum Gasteiger partial charge on any atom is -0.497 e. The zero-order chi connectivity index (χ0) is 22.7. The van der Waals surface area contributed by atoms with E-state index in [0.717, 1.165) is 11.3 Å². The number of ketones is 1. The Balaban J connectivity index is 1.53. The summed E-state index contributed by atoms with van der Waals surface area (Å²) in [4.78, 5) is 12.6. The lowest BCUT2D eigenvalue weighted by Gasteiger charge is -2.08. The maximum absolute atomic E-state index is 12.7. The molecule has 1 aliphatic rings. The number of fused-ring (bicyclic) bond motifs is 1. The summed E-state index contributed by atoms with van der Waals surface area (Å²) in [7, 11) is -2.57. The fourth-order valence-corrected chi connectivity index (χ4v) is 4.04. The second-order valence-corrected chi connectivity index (χ2v) is 8.36. The van der Waals surface area contributed by atoms with Crippen LogP contribution < -0.4 is 18.4 Å². The van der Waals surface area contributed by atoms with Gasteiger partial charge in [-0.05, 0) is 67.1 Å². The van der Waals surface area contributed by atoms with Gasteiger partial charge in [0, 0.05) is 6.07 Å². The van der Waals surface area contributed by atoms with Crippen LogP contribution in [0.15, 0.2) is 77.4 Å². The molecule has 8 heteroatoms. The highest BCUT2D eigenvalue weighted by molar-refractivity contribution is 7.87. The first kappa shape index (κ1) is 21.5. The number of carbonyl (C=O) groups excluding carboxylic acids is 1. The highest BCUT2D eigenvalue weighted by Gasteiger charge is 2.28. The van der Waals surface area contributed by atoms with Crippen molar-refractivity contribution in [2.75, 3.05) is 13.7 Å². The van der Waals surface area contributed by atoms with Gasteiger partial charge < -0.3 is 18.4 Å². The van der Waals surface area contributed by atoms with E-state index >= 15 is 0 Å². The van der Waals surface area contributed by atoms with Crippen LogP contribution in [0.1, 0.15) is 22.8 Å². The predicted octanol–water partition coefficient (Wildman–Crippen LogP) is 4.48. The maximum Gasteiger partial charge on any atom is 0.339 e. The zero-order valence-electron chi connectivity index (χ0n) is 17.4. The minimum atomic E-state index is -4.06. The van der Waals surface area contributed by atoms with Crippen molar-refractivity contribution in [2.24, 2.45) is 0 Å². The molecule has 1 heterocycles. The third kappa shape index (κ3) is 4.45. The Labute approximate surface area is 185 Å². The normalized spacial score (nSPS) is 14.1. The molecule has 3 aromatic carbocycles. The van der Waals surface area contributed by atoms with Crippen LogP contribution in [0.4, 0.5) is 0 Å². The molecule has 7 nitrogen and oxygen atoms in total. The van der Waals surface area contributed by atoms with Gasteiger partial charge in [-0.3, -0.25) is 4.79 Å². The summed E-state index contributed by atoms with van der Waals surface area (Å²) in [5.41, 5.74) is 1.10. The lowest BCUT2D eigenvalue weighted by Crippen LogP contribution is -2.09. The van der Waals surface area contributed by atoms with Crippen LogP contribution in [0.25, 0.3) is 6.08 Å². The van der Waals surface area contributed by atoms with E-state index in [1.54, 1.807) is 18.2 Å². The van der Waals surface area contributed by atoms with Gasteiger partial charge in [0.1, 0.15) is 27.9 Å². The Hall–Kier alpha value is -3.78. The Bertz CT molecular complexity index is 1270. The highest BCUT2D eigenvalue weighted by Crippen LogP contribution is 2.36. The molecule has 164 valence electrons. The first-order chi connectivity index (χ1) is 15.4. The maximum atomic E-state index is 12.7. The molecule has 32 heavy (non-hydrogen) atoms. The predicted molar refractivity (Wildman–Crippen MR) is 118 cm³/mol. The second kappa shape index (κ2) is 8.76. The summed E-state index contributed by atoms with van der Waals surface area (Å²) in [5, 5.41) is 0. The molecule has 0 amide bonds. The molecule has 0 unspecified atom stereocenters. The molecule has 0 aromatic heterocycles. The van der Waals surface area contributed by atoms with Crippen molar-refractivity contribution < 1.29 is 31.6 Å². The molecule has 0 spiro atoms. The number of carbonyl (C=O) groups is 1. The summed E-state index contributed by atoms with van der Waals surface area (Å²) in [6, 6.07) is 17.3. The van der Waals surface area contributed by atoms with Gasteiger partial charge >= 0.3 is 10.1 Å². The number of hydrogen-bond acceptors (Lipinski definition) is 7. The lowest BCUT2D eigenvalue weighted by molar-refractivity contribution is 0.101. The molecule has 4 rings (SSSR count). The van der Waals surface area contributed by atoms with Gasteiger partial charge in [-0.1, -0.05) is 12.1 Å². The van der Waals surface area contributed by atoms with Crippen LogP contribution in [0, 0.1) is 0 Å². The number of ether oxygens (including phenoxy) is 3. The Morgan fingerprint density at radius 1 is 0.906 bits per heavy atom. The quantitative estimate of drug-likeness (QED) is 0.386. The van der Waals surface area contributed by atoms with Crippen molar-refractivity contribution in [1.82, 2.24) is 0 Å². The third-order valence-electron chi connectivity index (χ3n) is 4.68. The van der Waals surface area contributed by atoms with E-state index in [4.69, 9.17) is 18.4 Å². The smallest absolute Gasteiger partial charge is 0.339 e. The zero-order valence-corrected chi connectivity index (χ0v) is 18.2. The van der Waals surface area contributed by atoms with Gasteiger partial charge in [0.05, 0.1) is 19.3 Å². The SMILES string of the molecule is CCOc1ccc(C=C2Oc3cc(OS(=O)(=O)c4ccc(OC)cc4)ccc3C2=O)cc1. The van der Waals surface area contributed by atoms with Gasteiger partial charge in [-0.25, -0.2) is 0 Å². The van der Waals surface area contributed by atoms with Gasteiger partial charge in [-0.2, -0.15) is 8.42 Å². The topological polar surface area (TPSA) is 88.1 Å². The fourth-order valence-electron chi connectivity index (χ4n) is 3.11. The molecule has 3 aromatic rings. The van der Waals surface area contributed by atoms with Gasteiger partial charge in [0.2, 0.25) is 5.78 Å². The van der Waals surface area contributed by atoms with Crippen LogP contribution in [-0.4, -0.2) is 27.9 Å². The molecule has 0 saturated carbocycles. The molecular weight excluding hydrogens is 432 g/mol. The third-order valence-corrected chi connectivity index (χ3v) is 5.95. The summed E-state index contributed by atoms with van der Waals surface area (Å²) in [6.07, 6.45) is 1.62. The van der Waals surface area contributed by atoms with E-state index in [1.165, 1.54) is 49.6 Å². The summed E-state index contributed by atoms with van der Waals surface area (Å²) < 4.78 is 46.5. The Kier molecular flexibility index (Phi) is 5.87. The summed E-state index contributed by atoms with van der Waals surface area (Å²) in [6.45, 7) is 2.47. The average molecular weight is 452 g/mol. The lowest BCUT2D eigenvalue weighted by atomic mass is 10.1. The summed E-state index contributed by atoms with van der Waals surface area (Å²) in [5.74, 6) is 1.37. The van der Waals surface area contributed by atoms with E-state index in [9.17, 15) is 13.2 Å². The van der Waals surface area contributed by atoms with Crippen molar-refractivity contribution in [3.05, 3.63) is 83.6 Å². The van der Waals surface area contributed by atoms with Crippen molar-refractivity contribution >= 4 is 22.0 Å². The van der Waals surface area contributed by atoms with Crippen LogP contribution in [0.2, 0.25) is 0 Å². The number of allylic oxidation sites excluding steroid dienone is 1. The molecular formula is C24H20O7S.